The molecule has 1 aliphatic heterocycles. The van der Waals surface area contributed by atoms with Crippen LogP contribution in [0.2, 0.25) is 0 Å². The van der Waals surface area contributed by atoms with Gasteiger partial charge < -0.3 is 14.2 Å². The van der Waals surface area contributed by atoms with Gasteiger partial charge in [-0.15, -0.1) is 0 Å². The van der Waals surface area contributed by atoms with Crippen LogP contribution in [0.15, 0.2) is 53.4 Å². The Bertz CT molecular complexity index is 898. The fourth-order valence-electron chi connectivity index (χ4n) is 2.71. The van der Waals surface area contributed by atoms with E-state index in [1.165, 1.54) is 12.1 Å². The first-order chi connectivity index (χ1) is 13.0. The van der Waals surface area contributed by atoms with E-state index in [0.717, 1.165) is 5.56 Å². The third-order valence-corrected chi connectivity index (χ3v) is 5.44. The maximum absolute atomic E-state index is 12.8. The van der Waals surface area contributed by atoms with Gasteiger partial charge in [0.25, 0.3) is 0 Å². The highest BCUT2D eigenvalue weighted by atomic mass is 32.2. The molecule has 0 aliphatic carbocycles. The number of fused-ring (bicyclic) bond motifs is 1. The molecular formula is C19H21NO6S. The number of hydrogen-bond acceptors (Lipinski definition) is 6. The van der Waals surface area contributed by atoms with Gasteiger partial charge in [-0.25, -0.2) is 8.42 Å². The summed E-state index contributed by atoms with van der Waals surface area (Å²) in [5.74, 6) is 0.230. The second kappa shape index (κ2) is 8.41. The molecule has 1 atom stereocenters. The molecule has 144 valence electrons. The Balaban J connectivity index is 1.83. The van der Waals surface area contributed by atoms with Crippen LogP contribution in [0.4, 0.5) is 0 Å². The van der Waals surface area contributed by atoms with Crippen LogP contribution in [0.1, 0.15) is 12.5 Å². The van der Waals surface area contributed by atoms with Gasteiger partial charge in [0.15, 0.2) is 11.5 Å². The molecule has 8 heteroatoms. The summed E-state index contributed by atoms with van der Waals surface area (Å²) in [5.41, 5.74) is 0.820. The quantitative estimate of drug-likeness (QED) is 0.725. The number of esters is 1. The fraction of sp³-hybridized carbons (Fsp3) is 0.316. The summed E-state index contributed by atoms with van der Waals surface area (Å²) in [6.07, 6.45) is 0.184. The van der Waals surface area contributed by atoms with E-state index in [0.29, 0.717) is 24.7 Å². The molecule has 0 fully saturated rings. The number of rotatable bonds is 7. The molecule has 0 spiro atoms. The van der Waals surface area contributed by atoms with E-state index in [4.69, 9.17) is 14.2 Å². The fourth-order valence-corrected chi connectivity index (χ4v) is 3.91. The second-order valence-electron chi connectivity index (χ2n) is 5.92. The zero-order valence-electron chi connectivity index (χ0n) is 14.9. The zero-order chi connectivity index (χ0) is 19.3. The van der Waals surface area contributed by atoms with E-state index in [9.17, 15) is 13.2 Å². The summed E-state index contributed by atoms with van der Waals surface area (Å²) in [6, 6.07) is 12.5. The lowest BCUT2D eigenvalue weighted by molar-refractivity contribution is -0.145. The lowest BCUT2D eigenvalue weighted by Crippen LogP contribution is -2.43. The summed E-state index contributed by atoms with van der Waals surface area (Å²) in [7, 11) is -3.96. The first kappa shape index (κ1) is 19.2. The number of ether oxygens (including phenoxy) is 3. The van der Waals surface area contributed by atoms with E-state index in [-0.39, 0.29) is 17.9 Å². The minimum absolute atomic E-state index is 0.00545. The third-order valence-electron chi connectivity index (χ3n) is 3.98. The van der Waals surface area contributed by atoms with Crippen LogP contribution in [-0.2, 0) is 26.0 Å². The van der Waals surface area contributed by atoms with E-state index < -0.39 is 22.0 Å². The number of carbonyl (C=O) groups is 1. The number of sulfonamides is 1. The Labute approximate surface area is 158 Å². The summed E-state index contributed by atoms with van der Waals surface area (Å²) >= 11 is 0. The van der Waals surface area contributed by atoms with E-state index >= 15 is 0 Å². The maximum Gasteiger partial charge on any atom is 0.324 e. The number of benzene rings is 2. The Morgan fingerprint density at radius 3 is 2.52 bits per heavy atom. The highest BCUT2D eigenvalue weighted by Crippen LogP contribution is 2.32. The number of hydrogen-bond donors (Lipinski definition) is 1. The van der Waals surface area contributed by atoms with Crippen LogP contribution in [0.25, 0.3) is 0 Å². The van der Waals surface area contributed by atoms with Crippen molar-refractivity contribution in [1.82, 2.24) is 4.72 Å². The normalized spacial score (nSPS) is 14.4. The molecule has 0 aromatic heterocycles. The predicted molar refractivity (Wildman–Crippen MR) is 98.3 cm³/mol. The van der Waals surface area contributed by atoms with Crippen molar-refractivity contribution in [3.63, 3.8) is 0 Å². The number of carbonyl (C=O) groups excluding carboxylic acids is 1. The smallest absolute Gasteiger partial charge is 0.324 e. The molecule has 0 radical (unpaired) electrons. The van der Waals surface area contributed by atoms with Crippen LogP contribution in [0.5, 0.6) is 11.5 Å². The third kappa shape index (κ3) is 4.78. The SMILES string of the molecule is CCOC(=O)[C@H](Cc1ccccc1)NS(=O)(=O)c1ccc2c(c1)OCCO2. The average Bonchev–Trinajstić information content (AvgIpc) is 2.68. The van der Waals surface area contributed by atoms with Crippen LogP contribution < -0.4 is 14.2 Å². The van der Waals surface area contributed by atoms with Gasteiger partial charge in [0.1, 0.15) is 19.3 Å². The Morgan fingerprint density at radius 1 is 1.11 bits per heavy atom. The average molecular weight is 391 g/mol. The highest BCUT2D eigenvalue weighted by Gasteiger charge is 2.28. The lowest BCUT2D eigenvalue weighted by Gasteiger charge is -2.20. The van der Waals surface area contributed by atoms with E-state index in [2.05, 4.69) is 4.72 Å². The summed E-state index contributed by atoms with van der Waals surface area (Å²) < 4.78 is 44.0. The van der Waals surface area contributed by atoms with Crippen molar-refractivity contribution >= 4 is 16.0 Å². The van der Waals surface area contributed by atoms with Crippen molar-refractivity contribution in [1.29, 1.82) is 0 Å². The molecule has 1 aliphatic rings. The second-order valence-corrected chi connectivity index (χ2v) is 7.64. The van der Waals surface area contributed by atoms with Gasteiger partial charge in [-0.3, -0.25) is 4.79 Å². The molecule has 1 N–H and O–H groups in total. The van der Waals surface area contributed by atoms with E-state index in [1.807, 2.05) is 30.3 Å². The Kier molecular flexibility index (Phi) is 5.98. The zero-order valence-corrected chi connectivity index (χ0v) is 15.7. The Morgan fingerprint density at radius 2 is 1.81 bits per heavy atom. The molecule has 0 unspecified atom stereocenters. The first-order valence-corrected chi connectivity index (χ1v) is 10.1. The molecule has 3 rings (SSSR count). The van der Waals surface area contributed by atoms with E-state index in [1.54, 1.807) is 13.0 Å². The topological polar surface area (TPSA) is 90.9 Å². The lowest BCUT2D eigenvalue weighted by atomic mass is 10.1. The predicted octanol–water partition coefficient (Wildman–Crippen LogP) is 1.91. The van der Waals surface area contributed by atoms with Gasteiger partial charge in [0.05, 0.1) is 11.5 Å². The van der Waals surface area contributed by atoms with Crippen molar-refractivity contribution in [2.24, 2.45) is 0 Å². The minimum atomic E-state index is -3.96. The van der Waals surface area contributed by atoms with Crippen molar-refractivity contribution in [3.05, 3.63) is 54.1 Å². The van der Waals surface area contributed by atoms with Gasteiger partial charge in [-0.2, -0.15) is 4.72 Å². The first-order valence-electron chi connectivity index (χ1n) is 8.62. The molecule has 0 saturated carbocycles. The molecule has 27 heavy (non-hydrogen) atoms. The van der Waals surface area contributed by atoms with Gasteiger partial charge >= 0.3 is 5.97 Å². The molecule has 2 aromatic carbocycles. The van der Waals surface area contributed by atoms with Crippen LogP contribution in [0.3, 0.4) is 0 Å². The molecule has 0 bridgehead atoms. The van der Waals surface area contributed by atoms with Crippen molar-refractivity contribution < 1.29 is 27.4 Å². The van der Waals surface area contributed by atoms with Crippen LogP contribution in [-0.4, -0.2) is 40.2 Å². The molecule has 7 nitrogen and oxygen atoms in total. The Hall–Kier alpha value is -2.58. The van der Waals surface area contributed by atoms with Gasteiger partial charge in [-0.05, 0) is 31.0 Å². The number of nitrogens with one attached hydrogen (secondary N) is 1. The summed E-state index contributed by atoms with van der Waals surface area (Å²) in [6.45, 7) is 2.60. The largest absolute Gasteiger partial charge is 0.486 e. The van der Waals surface area contributed by atoms with Crippen molar-refractivity contribution in [3.8, 4) is 11.5 Å². The van der Waals surface area contributed by atoms with Crippen LogP contribution >= 0.6 is 0 Å². The van der Waals surface area contributed by atoms with Crippen molar-refractivity contribution in [2.45, 2.75) is 24.3 Å². The maximum atomic E-state index is 12.8. The molecule has 0 saturated heterocycles. The molecule has 1 heterocycles. The van der Waals surface area contributed by atoms with Crippen molar-refractivity contribution in [2.75, 3.05) is 19.8 Å². The molecular weight excluding hydrogens is 370 g/mol. The summed E-state index contributed by atoms with van der Waals surface area (Å²) in [5, 5.41) is 0. The van der Waals surface area contributed by atoms with Gasteiger partial charge in [0.2, 0.25) is 10.0 Å². The standard InChI is InChI=1S/C19H21NO6S/c1-2-24-19(21)16(12-14-6-4-3-5-7-14)20-27(22,23)15-8-9-17-18(13-15)26-11-10-25-17/h3-9,13,16,20H,2,10-12H2,1H3/t16-/m0/s1. The molecule has 2 aromatic rings. The van der Waals surface area contributed by atoms with Gasteiger partial charge in [0, 0.05) is 6.07 Å². The highest BCUT2D eigenvalue weighted by molar-refractivity contribution is 7.89. The summed E-state index contributed by atoms with van der Waals surface area (Å²) in [4.78, 5) is 12.3. The molecule has 0 amide bonds. The minimum Gasteiger partial charge on any atom is -0.486 e. The van der Waals surface area contributed by atoms with Gasteiger partial charge in [-0.1, -0.05) is 30.3 Å². The monoisotopic (exact) mass is 391 g/mol. The van der Waals surface area contributed by atoms with Crippen LogP contribution in [0, 0.1) is 0 Å².